The third-order valence-corrected chi connectivity index (χ3v) is 4.25. The number of rotatable bonds is 9. The Morgan fingerprint density at radius 3 is 2.68 bits per heavy atom. The molecule has 0 aliphatic carbocycles. The number of furan rings is 1. The van der Waals surface area contributed by atoms with Gasteiger partial charge in [0.2, 0.25) is 5.91 Å². The van der Waals surface area contributed by atoms with Gasteiger partial charge < -0.3 is 24.7 Å². The average molecular weight is 347 g/mol. The molecule has 0 bridgehead atoms. The fourth-order valence-corrected chi connectivity index (χ4v) is 2.82. The van der Waals surface area contributed by atoms with E-state index in [1.54, 1.807) is 13.4 Å². The van der Waals surface area contributed by atoms with Crippen molar-refractivity contribution in [1.29, 1.82) is 0 Å². The molecule has 2 atom stereocenters. The second-order valence-electron chi connectivity index (χ2n) is 6.55. The Bertz CT molecular complexity index is 656. The molecule has 0 saturated carbocycles. The predicted octanol–water partition coefficient (Wildman–Crippen LogP) is 0.455. The van der Waals surface area contributed by atoms with Gasteiger partial charge in [-0.1, -0.05) is 12.1 Å². The molecular formula is C19H29N3O3+2. The van der Waals surface area contributed by atoms with Gasteiger partial charge in [0.25, 0.3) is 0 Å². The SMILES string of the molecule is COc1ccccc1NC(=O)C[C@@H](C)[NH2+]C[C@@H](c1ccco1)[NH+](C)C. The Labute approximate surface area is 149 Å². The minimum absolute atomic E-state index is 0.0139. The number of benzene rings is 1. The van der Waals surface area contributed by atoms with Crippen molar-refractivity contribution in [3.63, 3.8) is 0 Å². The number of carbonyl (C=O) groups is 1. The summed E-state index contributed by atoms with van der Waals surface area (Å²) >= 11 is 0. The van der Waals surface area contributed by atoms with Gasteiger partial charge in [0.05, 0.1) is 45.6 Å². The number of likely N-dealkylation sites (N-methyl/N-ethyl adjacent to an activating group) is 1. The number of quaternary nitrogens is 2. The van der Waals surface area contributed by atoms with Crippen molar-refractivity contribution in [3.8, 4) is 5.75 Å². The number of amides is 1. The van der Waals surface area contributed by atoms with Gasteiger partial charge in [-0.15, -0.1) is 0 Å². The van der Waals surface area contributed by atoms with Gasteiger partial charge in [-0.2, -0.15) is 0 Å². The van der Waals surface area contributed by atoms with Crippen LogP contribution in [-0.4, -0.2) is 39.7 Å². The lowest BCUT2D eigenvalue weighted by molar-refractivity contribution is -0.912. The fraction of sp³-hybridized carbons (Fsp3) is 0.421. The highest BCUT2D eigenvalue weighted by Crippen LogP contribution is 2.23. The minimum Gasteiger partial charge on any atom is -0.495 e. The highest BCUT2D eigenvalue weighted by Gasteiger charge is 2.24. The summed E-state index contributed by atoms with van der Waals surface area (Å²) in [5.41, 5.74) is 0.702. The van der Waals surface area contributed by atoms with Crippen LogP contribution in [0.25, 0.3) is 0 Å². The molecule has 2 rings (SSSR count). The van der Waals surface area contributed by atoms with Crippen LogP contribution in [0.2, 0.25) is 0 Å². The van der Waals surface area contributed by atoms with Crippen molar-refractivity contribution >= 4 is 11.6 Å². The first-order chi connectivity index (χ1) is 12.0. The zero-order valence-corrected chi connectivity index (χ0v) is 15.4. The number of nitrogens with one attached hydrogen (secondary N) is 2. The molecule has 6 nitrogen and oxygen atoms in total. The van der Waals surface area contributed by atoms with Crippen molar-refractivity contribution in [1.82, 2.24) is 0 Å². The summed E-state index contributed by atoms with van der Waals surface area (Å²) in [5, 5.41) is 5.12. The van der Waals surface area contributed by atoms with Crippen LogP contribution in [0.1, 0.15) is 25.1 Å². The molecule has 0 unspecified atom stereocenters. The average Bonchev–Trinajstić information content (AvgIpc) is 3.09. The zero-order chi connectivity index (χ0) is 18.2. The monoisotopic (exact) mass is 347 g/mol. The maximum atomic E-state index is 12.3. The van der Waals surface area contributed by atoms with E-state index in [1.807, 2.05) is 36.4 Å². The lowest BCUT2D eigenvalue weighted by Gasteiger charge is -2.20. The van der Waals surface area contributed by atoms with E-state index in [2.05, 4.69) is 31.7 Å². The van der Waals surface area contributed by atoms with E-state index in [9.17, 15) is 4.79 Å². The largest absolute Gasteiger partial charge is 0.495 e. The molecular weight excluding hydrogens is 318 g/mol. The van der Waals surface area contributed by atoms with E-state index in [0.717, 1.165) is 12.3 Å². The van der Waals surface area contributed by atoms with Gasteiger partial charge in [0, 0.05) is 0 Å². The number of anilines is 1. The molecule has 1 aromatic heterocycles. The zero-order valence-electron chi connectivity index (χ0n) is 15.4. The van der Waals surface area contributed by atoms with Crippen LogP contribution in [0.15, 0.2) is 47.1 Å². The number of nitrogens with two attached hydrogens (primary N) is 1. The summed E-state index contributed by atoms with van der Waals surface area (Å²) in [5.74, 6) is 1.63. The first-order valence-electron chi connectivity index (χ1n) is 8.61. The van der Waals surface area contributed by atoms with Gasteiger partial charge >= 0.3 is 0 Å². The van der Waals surface area contributed by atoms with E-state index in [0.29, 0.717) is 17.9 Å². The van der Waals surface area contributed by atoms with E-state index in [-0.39, 0.29) is 18.0 Å². The number of para-hydroxylation sites is 2. The molecule has 136 valence electrons. The van der Waals surface area contributed by atoms with Crippen LogP contribution in [0, 0.1) is 0 Å². The van der Waals surface area contributed by atoms with Crippen molar-refractivity contribution in [2.24, 2.45) is 0 Å². The highest BCUT2D eigenvalue weighted by atomic mass is 16.5. The summed E-state index contributed by atoms with van der Waals surface area (Å²) in [6.45, 7) is 2.92. The molecule has 0 radical (unpaired) electrons. The smallest absolute Gasteiger partial charge is 0.230 e. The normalized spacial score (nSPS) is 13.5. The number of methoxy groups -OCH3 is 1. The standard InChI is InChI=1S/C19H27N3O3/c1-14(20-13-16(22(2)3)18-10-7-11-25-18)12-19(23)21-15-8-5-6-9-17(15)24-4/h5-11,14,16,20H,12-13H2,1-4H3,(H,21,23)/p+2/t14-,16+/m1/s1. The second-order valence-corrected chi connectivity index (χ2v) is 6.55. The Kier molecular flexibility index (Phi) is 7.03. The molecule has 0 fully saturated rings. The first-order valence-corrected chi connectivity index (χ1v) is 8.61. The third kappa shape index (κ3) is 5.62. The van der Waals surface area contributed by atoms with Gasteiger partial charge in [-0.25, -0.2) is 0 Å². The molecule has 4 N–H and O–H groups in total. The number of hydrogen-bond acceptors (Lipinski definition) is 3. The molecule has 1 amide bonds. The van der Waals surface area contributed by atoms with E-state index >= 15 is 0 Å². The van der Waals surface area contributed by atoms with Crippen molar-refractivity contribution in [2.45, 2.75) is 25.4 Å². The molecule has 0 spiro atoms. The summed E-state index contributed by atoms with van der Waals surface area (Å²) in [6.07, 6.45) is 2.14. The molecule has 0 aliphatic rings. The van der Waals surface area contributed by atoms with Crippen LogP contribution in [0.5, 0.6) is 5.75 Å². The van der Waals surface area contributed by atoms with Crippen molar-refractivity contribution < 1.29 is 24.2 Å². The quantitative estimate of drug-likeness (QED) is 0.617. The van der Waals surface area contributed by atoms with E-state index < -0.39 is 0 Å². The number of carbonyl (C=O) groups excluding carboxylic acids is 1. The fourth-order valence-electron chi connectivity index (χ4n) is 2.82. The predicted molar refractivity (Wildman–Crippen MR) is 96.8 cm³/mol. The van der Waals surface area contributed by atoms with Crippen LogP contribution < -0.4 is 20.3 Å². The number of hydrogen-bond donors (Lipinski definition) is 3. The van der Waals surface area contributed by atoms with Gasteiger partial charge in [-0.05, 0) is 31.2 Å². The lowest BCUT2D eigenvalue weighted by atomic mass is 10.1. The summed E-state index contributed by atoms with van der Waals surface area (Å²) in [4.78, 5) is 13.6. The highest BCUT2D eigenvalue weighted by molar-refractivity contribution is 5.92. The van der Waals surface area contributed by atoms with Gasteiger partial charge in [0.1, 0.15) is 12.3 Å². The van der Waals surface area contributed by atoms with Crippen LogP contribution >= 0.6 is 0 Å². The summed E-state index contributed by atoms with van der Waals surface area (Å²) in [7, 11) is 5.82. The number of ether oxygens (including phenoxy) is 1. The van der Waals surface area contributed by atoms with Crippen molar-refractivity contribution in [2.75, 3.05) is 33.1 Å². The van der Waals surface area contributed by atoms with Crippen molar-refractivity contribution in [3.05, 3.63) is 48.4 Å². The maximum Gasteiger partial charge on any atom is 0.230 e. The Balaban J connectivity index is 1.84. The van der Waals surface area contributed by atoms with Crippen LogP contribution in [0.4, 0.5) is 5.69 Å². The molecule has 25 heavy (non-hydrogen) atoms. The Morgan fingerprint density at radius 1 is 1.28 bits per heavy atom. The second kappa shape index (κ2) is 9.25. The van der Waals surface area contributed by atoms with Gasteiger partial charge in [-0.3, -0.25) is 4.79 Å². The lowest BCUT2D eigenvalue weighted by Crippen LogP contribution is -3.10. The Morgan fingerprint density at radius 2 is 2.04 bits per heavy atom. The summed E-state index contributed by atoms with van der Waals surface area (Å²) < 4.78 is 10.8. The van der Waals surface area contributed by atoms with Crippen LogP contribution in [-0.2, 0) is 4.79 Å². The van der Waals surface area contributed by atoms with Gasteiger partial charge in [0.15, 0.2) is 11.8 Å². The molecule has 6 heteroatoms. The maximum absolute atomic E-state index is 12.3. The molecule has 1 heterocycles. The third-order valence-electron chi connectivity index (χ3n) is 4.25. The summed E-state index contributed by atoms with van der Waals surface area (Å²) in [6, 6.07) is 11.8. The molecule has 2 aromatic rings. The van der Waals surface area contributed by atoms with E-state index in [4.69, 9.17) is 9.15 Å². The molecule has 1 aromatic carbocycles. The minimum atomic E-state index is -0.0139. The topological polar surface area (TPSA) is 72.5 Å². The van der Waals surface area contributed by atoms with Crippen LogP contribution in [0.3, 0.4) is 0 Å². The van der Waals surface area contributed by atoms with E-state index in [1.165, 1.54) is 4.90 Å². The molecule has 0 saturated heterocycles. The first kappa shape index (κ1) is 19.0. The molecule has 0 aliphatic heterocycles. The Hall–Kier alpha value is -2.31.